The van der Waals surface area contributed by atoms with Gasteiger partial charge in [0.1, 0.15) is 4.90 Å². The Hall–Kier alpha value is -1.99. The van der Waals surface area contributed by atoms with Crippen LogP contribution in [0.15, 0.2) is 41.6 Å². The third-order valence-electron chi connectivity index (χ3n) is 2.67. The second kappa shape index (κ2) is 5.33. The number of nitrogens with zero attached hydrogens (tertiary/aromatic N) is 2. The number of nitrogen functional groups attached to an aromatic ring is 1. The lowest BCUT2D eigenvalue weighted by Crippen LogP contribution is -2.24. The maximum atomic E-state index is 12.0. The lowest BCUT2D eigenvalue weighted by Gasteiger charge is -2.08. The summed E-state index contributed by atoms with van der Waals surface area (Å²) in [5.41, 5.74) is 7.26. The molecular formula is C12H14N4O2S. The van der Waals surface area contributed by atoms with E-state index in [-0.39, 0.29) is 17.4 Å². The van der Waals surface area contributed by atoms with Gasteiger partial charge in [-0.3, -0.25) is 0 Å². The molecule has 0 aliphatic heterocycles. The van der Waals surface area contributed by atoms with E-state index in [1.807, 2.05) is 31.2 Å². The molecule has 100 valence electrons. The number of anilines is 1. The highest BCUT2D eigenvalue weighted by molar-refractivity contribution is 7.89. The number of nitrogens with two attached hydrogens (primary N) is 1. The molecule has 2 rings (SSSR count). The van der Waals surface area contributed by atoms with Crippen LogP contribution in [-0.2, 0) is 16.6 Å². The van der Waals surface area contributed by atoms with Crippen molar-refractivity contribution in [2.75, 3.05) is 5.73 Å². The maximum absolute atomic E-state index is 12.0. The van der Waals surface area contributed by atoms with Crippen LogP contribution in [0.1, 0.15) is 11.1 Å². The van der Waals surface area contributed by atoms with E-state index in [9.17, 15) is 8.42 Å². The zero-order valence-corrected chi connectivity index (χ0v) is 11.2. The molecule has 0 radical (unpaired) electrons. The summed E-state index contributed by atoms with van der Waals surface area (Å²) in [6.45, 7) is 2.15. The average Bonchev–Trinajstić information content (AvgIpc) is 2.38. The van der Waals surface area contributed by atoms with Gasteiger partial charge in [0, 0.05) is 6.54 Å². The largest absolute Gasteiger partial charge is 0.368 e. The summed E-state index contributed by atoms with van der Waals surface area (Å²) in [6, 6.07) is 7.57. The van der Waals surface area contributed by atoms with Crippen molar-refractivity contribution in [2.45, 2.75) is 18.4 Å². The predicted octanol–water partition coefficient (Wildman–Crippen LogP) is 0.846. The van der Waals surface area contributed by atoms with Crippen molar-refractivity contribution in [2.24, 2.45) is 0 Å². The third-order valence-corrected chi connectivity index (χ3v) is 4.03. The van der Waals surface area contributed by atoms with E-state index >= 15 is 0 Å². The molecule has 1 heterocycles. The van der Waals surface area contributed by atoms with Crippen LogP contribution in [0.3, 0.4) is 0 Å². The number of hydrogen-bond donors (Lipinski definition) is 2. The number of sulfonamides is 1. The van der Waals surface area contributed by atoms with E-state index < -0.39 is 10.0 Å². The molecule has 0 spiro atoms. The summed E-state index contributed by atoms with van der Waals surface area (Å²) in [4.78, 5) is 7.33. The van der Waals surface area contributed by atoms with Crippen LogP contribution in [0.5, 0.6) is 0 Å². The van der Waals surface area contributed by atoms with Gasteiger partial charge in [-0.2, -0.15) is 0 Å². The van der Waals surface area contributed by atoms with Crippen molar-refractivity contribution < 1.29 is 8.42 Å². The summed E-state index contributed by atoms with van der Waals surface area (Å²) in [5, 5.41) is 0. The monoisotopic (exact) mass is 278 g/mol. The van der Waals surface area contributed by atoms with E-state index in [4.69, 9.17) is 5.73 Å². The van der Waals surface area contributed by atoms with Gasteiger partial charge in [-0.1, -0.05) is 24.3 Å². The molecule has 0 atom stereocenters. The molecule has 7 heteroatoms. The maximum Gasteiger partial charge on any atom is 0.243 e. The summed E-state index contributed by atoms with van der Waals surface area (Å²) < 4.78 is 26.5. The quantitative estimate of drug-likeness (QED) is 0.863. The second-order valence-corrected chi connectivity index (χ2v) is 5.79. The minimum absolute atomic E-state index is 0.00437. The number of hydrogen-bond acceptors (Lipinski definition) is 5. The van der Waals surface area contributed by atoms with Crippen LogP contribution in [0.25, 0.3) is 0 Å². The molecule has 0 saturated carbocycles. The lowest BCUT2D eigenvalue weighted by atomic mass is 10.1. The Morgan fingerprint density at radius 1 is 1.21 bits per heavy atom. The highest BCUT2D eigenvalue weighted by Crippen LogP contribution is 2.10. The number of aromatic nitrogens is 2. The topological polar surface area (TPSA) is 98.0 Å². The molecule has 0 unspecified atom stereocenters. The summed E-state index contributed by atoms with van der Waals surface area (Å²) in [5.74, 6) is 0.0397. The van der Waals surface area contributed by atoms with Gasteiger partial charge in [-0.05, 0) is 18.1 Å². The zero-order chi connectivity index (χ0) is 13.9. The Kier molecular flexibility index (Phi) is 3.77. The SMILES string of the molecule is Cc1ccccc1CNS(=O)(=O)c1cnc(N)nc1. The van der Waals surface area contributed by atoms with Crippen molar-refractivity contribution in [3.63, 3.8) is 0 Å². The van der Waals surface area contributed by atoms with Crippen LogP contribution >= 0.6 is 0 Å². The fourth-order valence-corrected chi connectivity index (χ4v) is 2.42. The normalized spacial score (nSPS) is 11.4. The molecule has 0 amide bonds. The number of nitrogens with one attached hydrogen (secondary N) is 1. The summed E-state index contributed by atoms with van der Waals surface area (Å²) >= 11 is 0. The van der Waals surface area contributed by atoms with Crippen molar-refractivity contribution >= 4 is 16.0 Å². The smallest absolute Gasteiger partial charge is 0.243 e. The van der Waals surface area contributed by atoms with Crippen molar-refractivity contribution in [1.82, 2.24) is 14.7 Å². The van der Waals surface area contributed by atoms with Crippen LogP contribution in [-0.4, -0.2) is 18.4 Å². The first-order chi connectivity index (χ1) is 8.99. The molecular weight excluding hydrogens is 264 g/mol. The highest BCUT2D eigenvalue weighted by Gasteiger charge is 2.14. The molecule has 1 aromatic carbocycles. The zero-order valence-electron chi connectivity index (χ0n) is 10.4. The van der Waals surface area contributed by atoms with Gasteiger partial charge in [0.05, 0.1) is 12.4 Å². The first-order valence-electron chi connectivity index (χ1n) is 5.61. The summed E-state index contributed by atoms with van der Waals surface area (Å²) in [7, 11) is -3.62. The minimum Gasteiger partial charge on any atom is -0.368 e. The fourth-order valence-electron chi connectivity index (χ4n) is 1.53. The molecule has 0 bridgehead atoms. The van der Waals surface area contributed by atoms with Crippen molar-refractivity contribution in [1.29, 1.82) is 0 Å². The van der Waals surface area contributed by atoms with Gasteiger partial charge in [0.15, 0.2) is 0 Å². The van der Waals surface area contributed by atoms with Gasteiger partial charge >= 0.3 is 0 Å². The van der Waals surface area contributed by atoms with E-state index in [1.165, 1.54) is 12.4 Å². The number of benzene rings is 1. The molecule has 0 aliphatic rings. The molecule has 2 aromatic rings. The Morgan fingerprint density at radius 3 is 2.47 bits per heavy atom. The van der Waals surface area contributed by atoms with E-state index in [0.717, 1.165) is 11.1 Å². The van der Waals surface area contributed by atoms with Gasteiger partial charge in [-0.25, -0.2) is 23.1 Å². The molecule has 0 saturated heterocycles. The third kappa shape index (κ3) is 3.27. The fraction of sp³-hybridized carbons (Fsp3) is 0.167. The molecule has 0 fully saturated rings. The summed E-state index contributed by atoms with van der Waals surface area (Å²) in [6.07, 6.45) is 2.37. The van der Waals surface area contributed by atoms with Crippen LogP contribution in [0.4, 0.5) is 5.95 Å². The standard InChI is InChI=1S/C12H14N4O2S/c1-9-4-2-3-5-10(9)6-16-19(17,18)11-7-14-12(13)15-8-11/h2-5,7-8,16H,6H2,1H3,(H2,13,14,15). The van der Waals surface area contributed by atoms with Crippen LogP contribution < -0.4 is 10.5 Å². The molecule has 6 nitrogen and oxygen atoms in total. The van der Waals surface area contributed by atoms with Gasteiger partial charge in [0.2, 0.25) is 16.0 Å². The Balaban J connectivity index is 2.14. The molecule has 1 aromatic heterocycles. The first kappa shape index (κ1) is 13.4. The Bertz CT molecular complexity index is 668. The lowest BCUT2D eigenvalue weighted by molar-refractivity contribution is 0.580. The van der Waals surface area contributed by atoms with Gasteiger partial charge < -0.3 is 5.73 Å². The predicted molar refractivity (Wildman–Crippen MR) is 71.6 cm³/mol. The Morgan fingerprint density at radius 2 is 1.84 bits per heavy atom. The van der Waals surface area contributed by atoms with Gasteiger partial charge in [-0.15, -0.1) is 0 Å². The number of aryl methyl sites for hydroxylation is 1. The second-order valence-electron chi connectivity index (χ2n) is 4.03. The van der Waals surface area contributed by atoms with E-state index in [2.05, 4.69) is 14.7 Å². The highest BCUT2D eigenvalue weighted by atomic mass is 32.2. The van der Waals surface area contributed by atoms with E-state index in [0.29, 0.717) is 0 Å². The molecule has 19 heavy (non-hydrogen) atoms. The average molecular weight is 278 g/mol. The minimum atomic E-state index is -3.62. The Labute approximate surface area is 111 Å². The first-order valence-corrected chi connectivity index (χ1v) is 7.09. The van der Waals surface area contributed by atoms with Crippen molar-refractivity contribution in [3.05, 3.63) is 47.8 Å². The number of rotatable bonds is 4. The van der Waals surface area contributed by atoms with E-state index in [1.54, 1.807) is 0 Å². The van der Waals surface area contributed by atoms with Gasteiger partial charge in [0.25, 0.3) is 0 Å². The van der Waals surface area contributed by atoms with Crippen LogP contribution in [0, 0.1) is 6.92 Å². The molecule has 3 N–H and O–H groups in total. The molecule has 0 aliphatic carbocycles. The van der Waals surface area contributed by atoms with Crippen molar-refractivity contribution in [3.8, 4) is 0 Å². The van der Waals surface area contributed by atoms with Crippen LogP contribution in [0.2, 0.25) is 0 Å².